The summed E-state index contributed by atoms with van der Waals surface area (Å²) in [4.78, 5) is 0. The number of hydrogen-bond acceptors (Lipinski definition) is 1. The van der Waals surface area contributed by atoms with E-state index in [9.17, 15) is 4.39 Å². The number of hydrogen-bond donors (Lipinski definition) is 0. The van der Waals surface area contributed by atoms with Crippen LogP contribution < -0.4 is 4.74 Å². The zero-order valence-electron chi connectivity index (χ0n) is 21.8. The van der Waals surface area contributed by atoms with Crippen LogP contribution >= 0.6 is 0 Å². The quantitative estimate of drug-likeness (QED) is 0.237. The maximum Gasteiger partial charge on any atom is 0.165 e. The molecule has 1 fully saturated rings. The average Bonchev–Trinajstić information content (AvgIpc) is 2.86. The van der Waals surface area contributed by atoms with E-state index >= 15 is 0 Å². The predicted octanol–water partition coefficient (Wildman–Crippen LogP) is 10.2. The van der Waals surface area contributed by atoms with Crippen molar-refractivity contribution in [2.45, 2.75) is 110 Å². The standard InChI is InChI=1S/C32H47FO/c1-3-5-6-7-8-9-10-11-13-27-14-16-28(17-15-27)25-34-32-23-22-30(24-31(32)33)29-20-18-26(12-4-2)19-21-29/h18-24,27-28H,3-17,25H2,1-2H3/t27-,28-. The minimum absolute atomic E-state index is 0.251. The number of rotatable bonds is 15. The molecule has 1 aliphatic rings. The maximum atomic E-state index is 14.7. The average molecular weight is 467 g/mol. The fraction of sp³-hybridized carbons (Fsp3) is 0.625. The van der Waals surface area contributed by atoms with Crippen LogP contribution in [0, 0.1) is 17.7 Å². The first-order valence-corrected chi connectivity index (χ1v) is 14.2. The largest absolute Gasteiger partial charge is 0.490 e. The van der Waals surface area contributed by atoms with Gasteiger partial charge in [-0.25, -0.2) is 4.39 Å². The summed E-state index contributed by atoms with van der Waals surface area (Å²) in [6.07, 6.45) is 20.0. The van der Waals surface area contributed by atoms with Crippen LogP contribution in [-0.4, -0.2) is 6.61 Å². The molecule has 0 radical (unpaired) electrons. The Morgan fingerprint density at radius 3 is 1.97 bits per heavy atom. The molecule has 1 aliphatic carbocycles. The third kappa shape index (κ3) is 9.08. The van der Waals surface area contributed by atoms with E-state index in [0.29, 0.717) is 18.3 Å². The van der Waals surface area contributed by atoms with Gasteiger partial charge in [0.2, 0.25) is 0 Å². The molecular formula is C32H47FO. The summed E-state index contributed by atoms with van der Waals surface area (Å²) >= 11 is 0. The van der Waals surface area contributed by atoms with Crippen molar-refractivity contribution in [3.05, 3.63) is 53.8 Å². The van der Waals surface area contributed by atoms with Crippen molar-refractivity contribution < 1.29 is 9.13 Å². The molecule has 0 saturated heterocycles. The van der Waals surface area contributed by atoms with Crippen molar-refractivity contribution >= 4 is 0 Å². The van der Waals surface area contributed by atoms with Gasteiger partial charge in [0.05, 0.1) is 6.61 Å². The number of ether oxygens (including phenoxy) is 1. The highest BCUT2D eigenvalue weighted by Crippen LogP contribution is 2.33. The molecule has 1 nitrogen and oxygen atoms in total. The Labute approximate surface area is 208 Å². The van der Waals surface area contributed by atoms with Crippen molar-refractivity contribution in [3.8, 4) is 16.9 Å². The van der Waals surface area contributed by atoms with Crippen LogP contribution in [0.5, 0.6) is 5.75 Å². The van der Waals surface area contributed by atoms with Gasteiger partial charge in [0.25, 0.3) is 0 Å². The smallest absolute Gasteiger partial charge is 0.165 e. The third-order valence-corrected chi connectivity index (χ3v) is 7.66. The van der Waals surface area contributed by atoms with Crippen molar-refractivity contribution in [1.82, 2.24) is 0 Å². The normalized spacial score (nSPS) is 18.2. The van der Waals surface area contributed by atoms with Crippen LogP contribution in [0.1, 0.15) is 109 Å². The molecule has 0 aromatic heterocycles. The lowest BCUT2D eigenvalue weighted by molar-refractivity contribution is 0.173. The van der Waals surface area contributed by atoms with Crippen LogP contribution in [-0.2, 0) is 6.42 Å². The lowest BCUT2D eigenvalue weighted by atomic mass is 9.80. The zero-order valence-corrected chi connectivity index (χ0v) is 21.8. The molecule has 0 heterocycles. The fourth-order valence-electron chi connectivity index (χ4n) is 5.41. The molecule has 0 aliphatic heterocycles. The van der Waals surface area contributed by atoms with E-state index in [0.717, 1.165) is 29.9 Å². The number of aryl methyl sites for hydroxylation is 1. The van der Waals surface area contributed by atoms with E-state index in [1.807, 2.05) is 6.07 Å². The summed E-state index contributed by atoms with van der Waals surface area (Å²) < 4.78 is 20.6. The van der Waals surface area contributed by atoms with E-state index < -0.39 is 0 Å². The molecular weight excluding hydrogens is 419 g/mol. The van der Waals surface area contributed by atoms with Crippen molar-refractivity contribution in [2.75, 3.05) is 6.61 Å². The summed E-state index contributed by atoms with van der Waals surface area (Å²) in [5, 5.41) is 0. The second-order valence-electron chi connectivity index (χ2n) is 10.6. The first-order chi connectivity index (χ1) is 16.7. The van der Waals surface area contributed by atoms with E-state index in [4.69, 9.17) is 4.74 Å². The zero-order chi connectivity index (χ0) is 24.0. The van der Waals surface area contributed by atoms with Gasteiger partial charge >= 0.3 is 0 Å². The molecule has 0 unspecified atom stereocenters. The second-order valence-corrected chi connectivity index (χ2v) is 10.6. The van der Waals surface area contributed by atoms with Gasteiger partial charge in [0.1, 0.15) is 0 Å². The Hall–Kier alpha value is -1.83. The highest BCUT2D eigenvalue weighted by atomic mass is 19.1. The summed E-state index contributed by atoms with van der Waals surface area (Å²) in [7, 11) is 0. The summed E-state index contributed by atoms with van der Waals surface area (Å²) in [5.74, 6) is 1.61. The Balaban J connectivity index is 1.33. The van der Waals surface area contributed by atoms with E-state index in [-0.39, 0.29) is 5.82 Å². The van der Waals surface area contributed by atoms with Gasteiger partial charge in [-0.1, -0.05) is 121 Å². The molecule has 2 aromatic carbocycles. The third-order valence-electron chi connectivity index (χ3n) is 7.66. The second kappa shape index (κ2) is 15.2. The monoisotopic (exact) mass is 466 g/mol. The number of halogens is 1. The Bertz CT molecular complexity index is 804. The molecule has 0 bridgehead atoms. The van der Waals surface area contributed by atoms with Crippen molar-refractivity contribution in [3.63, 3.8) is 0 Å². The fourth-order valence-corrected chi connectivity index (χ4v) is 5.41. The molecule has 0 atom stereocenters. The minimum atomic E-state index is -0.251. The molecule has 34 heavy (non-hydrogen) atoms. The van der Waals surface area contributed by atoms with Crippen LogP contribution in [0.2, 0.25) is 0 Å². The molecule has 0 spiro atoms. The van der Waals surface area contributed by atoms with Gasteiger partial charge in [0, 0.05) is 0 Å². The number of unbranched alkanes of at least 4 members (excludes halogenated alkanes) is 7. The highest BCUT2D eigenvalue weighted by molar-refractivity contribution is 5.64. The number of benzene rings is 2. The molecule has 0 amide bonds. The van der Waals surface area contributed by atoms with Crippen LogP contribution in [0.15, 0.2) is 42.5 Å². The van der Waals surface area contributed by atoms with E-state index in [2.05, 4.69) is 38.1 Å². The minimum Gasteiger partial charge on any atom is -0.490 e. The van der Waals surface area contributed by atoms with Gasteiger partial charge in [-0.15, -0.1) is 0 Å². The van der Waals surface area contributed by atoms with E-state index in [1.165, 1.54) is 89.0 Å². The Morgan fingerprint density at radius 1 is 0.706 bits per heavy atom. The maximum absolute atomic E-state index is 14.7. The Kier molecular flexibility index (Phi) is 12.0. The van der Waals surface area contributed by atoms with Gasteiger partial charge in [-0.05, 0) is 59.9 Å². The lowest BCUT2D eigenvalue weighted by Gasteiger charge is -2.28. The summed E-state index contributed by atoms with van der Waals surface area (Å²) in [6.45, 7) is 5.11. The van der Waals surface area contributed by atoms with Gasteiger partial charge in [-0.3, -0.25) is 0 Å². The van der Waals surface area contributed by atoms with Crippen LogP contribution in [0.3, 0.4) is 0 Å². The highest BCUT2D eigenvalue weighted by Gasteiger charge is 2.21. The SMILES string of the molecule is CCCCCCCCCC[C@H]1CC[C@H](COc2ccc(-c3ccc(CCC)cc3)cc2F)CC1. The van der Waals surface area contributed by atoms with Gasteiger partial charge < -0.3 is 4.74 Å². The molecule has 0 N–H and O–H groups in total. The lowest BCUT2D eigenvalue weighted by Crippen LogP contribution is -2.20. The van der Waals surface area contributed by atoms with Crippen LogP contribution in [0.25, 0.3) is 11.1 Å². The molecule has 3 rings (SSSR count). The van der Waals surface area contributed by atoms with Gasteiger partial charge in [-0.2, -0.15) is 0 Å². The summed E-state index contributed by atoms with van der Waals surface area (Å²) in [6, 6.07) is 13.9. The van der Waals surface area contributed by atoms with Crippen molar-refractivity contribution in [2.24, 2.45) is 11.8 Å². The molecule has 188 valence electrons. The Morgan fingerprint density at radius 2 is 1.32 bits per heavy atom. The topological polar surface area (TPSA) is 9.23 Å². The van der Waals surface area contributed by atoms with Gasteiger partial charge in [0.15, 0.2) is 11.6 Å². The van der Waals surface area contributed by atoms with E-state index in [1.54, 1.807) is 12.1 Å². The molecule has 2 aromatic rings. The molecule has 1 saturated carbocycles. The predicted molar refractivity (Wildman–Crippen MR) is 144 cm³/mol. The first-order valence-electron chi connectivity index (χ1n) is 14.2. The van der Waals surface area contributed by atoms with Crippen LogP contribution in [0.4, 0.5) is 4.39 Å². The molecule has 2 heteroatoms. The first kappa shape index (κ1) is 26.8. The summed E-state index contributed by atoms with van der Waals surface area (Å²) in [5.41, 5.74) is 3.30. The van der Waals surface area contributed by atoms with Crippen molar-refractivity contribution in [1.29, 1.82) is 0 Å².